The molecule has 1 unspecified atom stereocenters. The van der Waals surface area contributed by atoms with Gasteiger partial charge in [-0.25, -0.2) is 4.98 Å². The molecule has 1 aromatic heterocycles. The Labute approximate surface area is 185 Å². The molecule has 5 nitrogen and oxygen atoms in total. The van der Waals surface area contributed by atoms with Crippen molar-refractivity contribution in [2.45, 2.75) is 46.1 Å². The molecule has 3 rings (SSSR count). The highest BCUT2D eigenvalue weighted by Gasteiger charge is 2.12. The third kappa shape index (κ3) is 7.23. The van der Waals surface area contributed by atoms with Crippen molar-refractivity contribution >= 4 is 0 Å². The molecule has 0 aliphatic carbocycles. The van der Waals surface area contributed by atoms with Gasteiger partial charge in [-0.15, -0.1) is 0 Å². The first-order valence-electron chi connectivity index (χ1n) is 11.1. The van der Waals surface area contributed by atoms with E-state index in [0.717, 1.165) is 42.0 Å². The van der Waals surface area contributed by atoms with Crippen LogP contribution in [0.1, 0.15) is 49.6 Å². The number of rotatable bonds is 13. The number of hydrogen-bond acceptors (Lipinski definition) is 5. The average molecular weight is 424 g/mol. The first-order chi connectivity index (χ1) is 15.2. The van der Waals surface area contributed by atoms with E-state index in [1.807, 2.05) is 31.2 Å². The van der Waals surface area contributed by atoms with E-state index in [1.54, 1.807) is 6.26 Å². The van der Waals surface area contributed by atoms with E-state index in [0.29, 0.717) is 32.1 Å². The zero-order chi connectivity index (χ0) is 21.9. The fourth-order valence-electron chi connectivity index (χ4n) is 3.37. The Balaban J connectivity index is 1.49. The first kappa shape index (κ1) is 23.0. The Kier molecular flexibility index (Phi) is 9.13. The molecule has 0 saturated heterocycles. The van der Waals surface area contributed by atoms with Gasteiger partial charge in [0.15, 0.2) is 0 Å². The van der Waals surface area contributed by atoms with Crippen molar-refractivity contribution < 1.29 is 18.6 Å². The third-order valence-electron chi connectivity index (χ3n) is 4.94. The number of benzene rings is 2. The Morgan fingerprint density at radius 1 is 1.00 bits per heavy atom. The third-order valence-corrected chi connectivity index (χ3v) is 4.94. The van der Waals surface area contributed by atoms with Crippen LogP contribution in [0, 0.1) is 6.92 Å². The molecular formula is C26H33NO4. The van der Waals surface area contributed by atoms with E-state index >= 15 is 0 Å². The van der Waals surface area contributed by atoms with Gasteiger partial charge in [0, 0.05) is 38.2 Å². The Morgan fingerprint density at radius 3 is 2.58 bits per heavy atom. The van der Waals surface area contributed by atoms with Crippen LogP contribution in [-0.2, 0) is 15.9 Å². The largest absolute Gasteiger partial charge is 0.493 e. The van der Waals surface area contributed by atoms with E-state index in [4.69, 9.17) is 18.6 Å². The van der Waals surface area contributed by atoms with Crippen molar-refractivity contribution in [2.24, 2.45) is 0 Å². The monoisotopic (exact) mass is 423 g/mol. The van der Waals surface area contributed by atoms with Crippen LogP contribution in [0.5, 0.6) is 5.75 Å². The highest BCUT2D eigenvalue weighted by atomic mass is 16.5. The number of aryl methyl sites for hydroxylation is 1. The maximum Gasteiger partial charge on any atom is 0.226 e. The first-order valence-corrected chi connectivity index (χ1v) is 11.1. The minimum absolute atomic E-state index is 0.0473. The predicted octanol–water partition coefficient (Wildman–Crippen LogP) is 6.17. The van der Waals surface area contributed by atoms with Gasteiger partial charge in [-0.05, 0) is 50.1 Å². The summed E-state index contributed by atoms with van der Waals surface area (Å²) in [5, 5.41) is 0. The summed E-state index contributed by atoms with van der Waals surface area (Å²) in [7, 11) is 0. The van der Waals surface area contributed by atoms with Gasteiger partial charge in [0.1, 0.15) is 12.0 Å². The Bertz CT molecular complexity index is 904. The van der Waals surface area contributed by atoms with E-state index in [1.165, 1.54) is 5.56 Å². The summed E-state index contributed by atoms with van der Waals surface area (Å²) in [5.74, 6) is 1.48. The second-order valence-corrected chi connectivity index (χ2v) is 7.53. The van der Waals surface area contributed by atoms with Gasteiger partial charge < -0.3 is 18.6 Å². The van der Waals surface area contributed by atoms with Crippen molar-refractivity contribution in [3.8, 4) is 17.2 Å². The van der Waals surface area contributed by atoms with Crippen LogP contribution < -0.4 is 4.74 Å². The molecular weight excluding hydrogens is 390 g/mol. The normalized spacial score (nSPS) is 12.1. The maximum absolute atomic E-state index is 5.90. The van der Waals surface area contributed by atoms with Gasteiger partial charge in [-0.1, -0.05) is 36.8 Å². The number of ether oxygens (including phenoxy) is 3. The van der Waals surface area contributed by atoms with Crippen molar-refractivity contribution in [3.05, 3.63) is 71.6 Å². The average Bonchev–Trinajstić information content (AvgIpc) is 3.25. The minimum Gasteiger partial charge on any atom is -0.493 e. The predicted molar refractivity (Wildman–Crippen MR) is 122 cm³/mol. The quantitative estimate of drug-likeness (QED) is 0.308. The molecule has 0 saturated carbocycles. The van der Waals surface area contributed by atoms with Gasteiger partial charge in [0.25, 0.3) is 0 Å². The lowest BCUT2D eigenvalue weighted by Gasteiger charge is -2.18. The van der Waals surface area contributed by atoms with Gasteiger partial charge in [0.05, 0.1) is 18.4 Å². The fourth-order valence-corrected chi connectivity index (χ4v) is 3.37. The van der Waals surface area contributed by atoms with Gasteiger partial charge in [-0.3, -0.25) is 0 Å². The molecule has 0 aliphatic heterocycles. The smallest absolute Gasteiger partial charge is 0.226 e. The molecule has 0 fully saturated rings. The van der Waals surface area contributed by atoms with E-state index in [-0.39, 0.29) is 6.10 Å². The van der Waals surface area contributed by atoms with Crippen LogP contribution in [0.4, 0.5) is 0 Å². The number of oxazole rings is 1. The van der Waals surface area contributed by atoms with E-state index in [2.05, 4.69) is 43.1 Å². The van der Waals surface area contributed by atoms with Crippen LogP contribution in [0.3, 0.4) is 0 Å². The summed E-state index contributed by atoms with van der Waals surface area (Å²) in [6.07, 6.45) is 4.33. The summed E-state index contributed by atoms with van der Waals surface area (Å²) in [6, 6.07) is 16.3. The molecule has 1 heterocycles. The highest BCUT2D eigenvalue weighted by Crippen LogP contribution is 2.24. The van der Waals surface area contributed by atoms with Gasteiger partial charge >= 0.3 is 0 Å². The van der Waals surface area contributed by atoms with Crippen LogP contribution >= 0.6 is 0 Å². The minimum atomic E-state index is 0.0473. The van der Waals surface area contributed by atoms with Crippen molar-refractivity contribution in [3.63, 3.8) is 0 Å². The molecule has 0 aliphatic rings. The molecule has 0 spiro atoms. The SMILES string of the molecule is CCCOCCC(OCC)c1ccc(OCCc2coc(-c3cccc(C)c3)n2)cc1. The van der Waals surface area contributed by atoms with Crippen LogP contribution in [-0.4, -0.2) is 31.4 Å². The summed E-state index contributed by atoms with van der Waals surface area (Å²) >= 11 is 0. The number of aromatic nitrogens is 1. The molecule has 3 aromatic rings. The van der Waals surface area contributed by atoms with Crippen LogP contribution in [0.2, 0.25) is 0 Å². The van der Waals surface area contributed by atoms with Crippen LogP contribution in [0.25, 0.3) is 11.5 Å². The molecule has 2 aromatic carbocycles. The lowest BCUT2D eigenvalue weighted by atomic mass is 10.1. The summed E-state index contributed by atoms with van der Waals surface area (Å²) < 4.78 is 23.0. The van der Waals surface area contributed by atoms with E-state index in [9.17, 15) is 0 Å². The summed E-state index contributed by atoms with van der Waals surface area (Å²) in [6.45, 7) is 8.92. The molecule has 5 heteroatoms. The topological polar surface area (TPSA) is 53.7 Å². The van der Waals surface area contributed by atoms with Gasteiger partial charge in [-0.2, -0.15) is 0 Å². The molecule has 0 N–H and O–H groups in total. The Hall–Kier alpha value is -2.63. The molecule has 0 bridgehead atoms. The number of hydrogen-bond donors (Lipinski definition) is 0. The molecule has 0 amide bonds. The molecule has 0 radical (unpaired) electrons. The standard InChI is InChI=1S/C26H33NO4/c1-4-15-28-16-14-25(29-5-2)21-9-11-24(12-10-21)30-17-13-23-19-31-26(27-23)22-8-6-7-20(3)18-22/h6-12,18-19,25H,4-5,13-17H2,1-3H3. The summed E-state index contributed by atoms with van der Waals surface area (Å²) in [4.78, 5) is 4.58. The van der Waals surface area contributed by atoms with Crippen molar-refractivity contribution in [1.29, 1.82) is 0 Å². The summed E-state index contributed by atoms with van der Waals surface area (Å²) in [5.41, 5.74) is 4.21. The molecule has 31 heavy (non-hydrogen) atoms. The maximum atomic E-state index is 5.90. The highest BCUT2D eigenvalue weighted by molar-refractivity contribution is 5.54. The van der Waals surface area contributed by atoms with Crippen molar-refractivity contribution in [1.82, 2.24) is 4.98 Å². The molecule has 1 atom stereocenters. The van der Waals surface area contributed by atoms with E-state index < -0.39 is 0 Å². The zero-order valence-electron chi connectivity index (χ0n) is 18.8. The molecule has 166 valence electrons. The Morgan fingerprint density at radius 2 is 1.84 bits per heavy atom. The zero-order valence-corrected chi connectivity index (χ0v) is 18.8. The lowest BCUT2D eigenvalue weighted by molar-refractivity contribution is 0.0267. The lowest BCUT2D eigenvalue weighted by Crippen LogP contribution is -2.09. The van der Waals surface area contributed by atoms with Crippen molar-refractivity contribution in [2.75, 3.05) is 26.4 Å². The second-order valence-electron chi connectivity index (χ2n) is 7.53. The fraction of sp³-hybridized carbons (Fsp3) is 0.423. The number of nitrogens with zero attached hydrogens (tertiary/aromatic N) is 1. The van der Waals surface area contributed by atoms with Crippen LogP contribution in [0.15, 0.2) is 59.2 Å². The second kappa shape index (κ2) is 12.3. The van der Waals surface area contributed by atoms with Gasteiger partial charge in [0.2, 0.25) is 5.89 Å².